The summed E-state index contributed by atoms with van der Waals surface area (Å²) < 4.78 is 17.2. The number of para-hydroxylation sites is 1. The van der Waals surface area contributed by atoms with Gasteiger partial charge in [-0.2, -0.15) is 0 Å². The minimum atomic E-state index is -0.232. The van der Waals surface area contributed by atoms with Crippen molar-refractivity contribution in [2.24, 2.45) is 0 Å². The van der Waals surface area contributed by atoms with Gasteiger partial charge in [0.05, 0.1) is 33.0 Å². The number of likely N-dealkylation sites (N-methyl/N-ethyl adjacent to an activating group) is 1. The zero-order chi connectivity index (χ0) is 31.8. The molecule has 0 saturated carbocycles. The molecule has 2 heterocycles. The smallest absolute Gasteiger partial charge is 0.251 e. The second-order valence-corrected chi connectivity index (χ2v) is 12.1. The quantitative estimate of drug-likeness (QED) is 0.255. The summed E-state index contributed by atoms with van der Waals surface area (Å²) in [4.78, 5) is 29.9. The third-order valence-electron chi connectivity index (χ3n) is 8.41. The Bertz CT molecular complexity index is 1510. The molecule has 5 rings (SSSR count). The van der Waals surface area contributed by atoms with E-state index in [1.165, 1.54) is 0 Å². The Balaban J connectivity index is 1.23. The maximum Gasteiger partial charge on any atom is 0.251 e. The molecule has 2 bridgehead atoms. The van der Waals surface area contributed by atoms with E-state index in [2.05, 4.69) is 5.32 Å². The lowest BCUT2D eigenvalue weighted by Gasteiger charge is -2.44. The number of methoxy groups -OCH3 is 1. The van der Waals surface area contributed by atoms with Crippen LogP contribution in [0.3, 0.4) is 0 Å². The lowest BCUT2D eigenvalue weighted by Crippen LogP contribution is -2.61. The summed E-state index contributed by atoms with van der Waals surface area (Å²) in [5, 5.41) is 4.30. The monoisotopic (exact) mass is 631 g/mol. The van der Waals surface area contributed by atoms with E-state index < -0.39 is 0 Å². The molecule has 8 nitrogen and oxygen atoms in total. The molecule has 9 heteroatoms. The minimum Gasteiger partial charge on any atom is -0.496 e. The molecule has 45 heavy (non-hydrogen) atoms. The van der Waals surface area contributed by atoms with Gasteiger partial charge in [-0.1, -0.05) is 54.1 Å². The fourth-order valence-corrected chi connectivity index (χ4v) is 6.24. The van der Waals surface area contributed by atoms with Crippen LogP contribution in [0.4, 0.5) is 0 Å². The number of fused-ring (bicyclic) bond motifs is 2. The number of nitrogens with one attached hydrogen (secondary N) is 1. The SMILES string of the molecule is COc1ccccc1COCCCOc1ccc(C2=C(C(=O)N(C)CCc3cccc(Cl)c3)[C@H]3CN(C(C)=O)C[C@@H](C2)N3)cc1. The van der Waals surface area contributed by atoms with Gasteiger partial charge in [-0.25, -0.2) is 0 Å². The van der Waals surface area contributed by atoms with E-state index in [0.29, 0.717) is 57.3 Å². The van der Waals surface area contributed by atoms with Gasteiger partial charge in [-0.15, -0.1) is 0 Å². The van der Waals surface area contributed by atoms with Crippen LogP contribution in [-0.2, 0) is 27.4 Å². The Morgan fingerprint density at radius 2 is 1.82 bits per heavy atom. The second kappa shape index (κ2) is 15.4. The molecule has 3 aromatic rings. The van der Waals surface area contributed by atoms with Gasteiger partial charge in [0.15, 0.2) is 0 Å². The summed E-state index contributed by atoms with van der Waals surface area (Å²) >= 11 is 6.17. The number of ether oxygens (including phenoxy) is 3. The van der Waals surface area contributed by atoms with Crippen molar-refractivity contribution in [2.75, 3.05) is 47.0 Å². The fourth-order valence-electron chi connectivity index (χ4n) is 6.03. The fraction of sp³-hybridized carbons (Fsp3) is 0.389. The lowest BCUT2D eigenvalue weighted by atomic mass is 9.83. The average Bonchev–Trinajstić information content (AvgIpc) is 3.05. The van der Waals surface area contributed by atoms with E-state index in [0.717, 1.165) is 45.8 Å². The predicted octanol–water partition coefficient (Wildman–Crippen LogP) is 5.38. The van der Waals surface area contributed by atoms with Crippen molar-refractivity contribution in [1.29, 1.82) is 0 Å². The van der Waals surface area contributed by atoms with E-state index in [4.69, 9.17) is 25.8 Å². The first-order chi connectivity index (χ1) is 21.8. The van der Waals surface area contributed by atoms with Gasteiger partial charge in [0.1, 0.15) is 11.5 Å². The molecule has 2 aliphatic rings. The van der Waals surface area contributed by atoms with E-state index in [9.17, 15) is 9.59 Å². The van der Waals surface area contributed by atoms with E-state index in [1.54, 1.807) is 18.9 Å². The summed E-state index contributed by atoms with van der Waals surface area (Å²) in [6.07, 6.45) is 2.11. The van der Waals surface area contributed by atoms with Crippen LogP contribution in [0.25, 0.3) is 5.57 Å². The largest absolute Gasteiger partial charge is 0.496 e. The highest BCUT2D eigenvalue weighted by Gasteiger charge is 2.39. The first kappa shape index (κ1) is 32.5. The molecule has 3 aromatic carbocycles. The van der Waals surface area contributed by atoms with E-state index in [-0.39, 0.29) is 23.9 Å². The maximum atomic E-state index is 14.0. The topological polar surface area (TPSA) is 80.3 Å². The van der Waals surface area contributed by atoms with Crippen LogP contribution < -0.4 is 14.8 Å². The Labute approximate surface area is 270 Å². The molecular weight excluding hydrogens is 590 g/mol. The van der Waals surface area contributed by atoms with Gasteiger partial charge in [-0.3, -0.25) is 9.59 Å². The highest BCUT2D eigenvalue weighted by molar-refractivity contribution is 6.30. The molecule has 2 aliphatic heterocycles. The summed E-state index contributed by atoms with van der Waals surface area (Å²) in [5.74, 6) is 1.60. The molecule has 238 valence electrons. The van der Waals surface area contributed by atoms with Gasteiger partial charge in [0.25, 0.3) is 5.91 Å². The number of hydrogen-bond acceptors (Lipinski definition) is 6. The van der Waals surface area contributed by atoms with Crippen LogP contribution >= 0.6 is 11.6 Å². The van der Waals surface area contributed by atoms with Crippen LogP contribution in [0.2, 0.25) is 5.02 Å². The molecule has 0 unspecified atom stereocenters. The van der Waals surface area contributed by atoms with Crippen molar-refractivity contribution in [2.45, 2.75) is 44.9 Å². The van der Waals surface area contributed by atoms with Gasteiger partial charge >= 0.3 is 0 Å². The highest BCUT2D eigenvalue weighted by Crippen LogP contribution is 2.35. The van der Waals surface area contributed by atoms with Crippen molar-refractivity contribution in [3.8, 4) is 11.5 Å². The average molecular weight is 632 g/mol. The summed E-state index contributed by atoms with van der Waals surface area (Å²) in [6.45, 7) is 4.84. The van der Waals surface area contributed by atoms with Crippen molar-refractivity contribution in [1.82, 2.24) is 15.1 Å². The Kier molecular flexibility index (Phi) is 11.2. The van der Waals surface area contributed by atoms with E-state index >= 15 is 0 Å². The number of piperazine rings is 1. The van der Waals surface area contributed by atoms with Crippen molar-refractivity contribution in [3.05, 3.63) is 100 Å². The van der Waals surface area contributed by atoms with Crippen LogP contribution in [-0.4, -0.2) is 80.7 Å². The second-order valence-electron chi connectivity index (χ2n) is 11.6. The number of benzene rings is 3. The number of amides is 2. The van der Waals surface area contributed by atoms with Gasteiger partial charge in [0, 0.05) is 62.2 Å². The van der Waals surface area contributed by atoms with Crippen LogP contribution in [0, 0.1) is 0 Å². The van der Waals surface area contributed by atoms with Crippen LogP contribution in [0.1, 0.15) is 36.5 Å². The molecule has 0 aliphatic carbocycles. The van der Waals surface area contributed by atoms with E-state index in [1.807, 2.05) is 84.7 Å². The number of carbonyl (C=O) groups excluding carboxylic acids is 2. The summed E-state index contributed by atoms with van der Waals surface area (Å²) in [7, 11) is 3.50. The highest BCUT2D eigenvalue weighted by atomic mass is 35.5. The van der Waals surface area contributed by atoms with Gasteiger partial charge in [-0.05, 0) is 59.9 Å². The summed E-state index contributed by atoms with van der Waals surface area (Å²) in [5.41, 5.74) is 4.86. The first-order valence-corrected chi connectivity index (χ1v) is 15.9. The molecular formula is C36H42ClN3O5. The Morgan fingerprint density at radius 3 is 2.58 bits per heavy atom. The molecule has 0 radical (unpaired) electrons. The third kappa shape index (κ3) is 8.45. The van der Waals surface area contributed by atoms with Crippen molar-refractivity contribution >= 4 is 29.0 Å². The predicted molar refractivity (Wildman–Crippen MR) is 176 cm³/mol. The molecule has 1 fully saturated rings. The zero-order valence-corrected chi connectivity index (χ0v) is 27.0. The molecule has 2 amide bonds. The molecule has 2 atom stereocenters. The molecule has 0 spiro atoms. The molecule has 1 saturated heterocycles. The lowest BCUT2D eigenvalue weighted by molar-refractivity contribution is -0.132. The molecule has 1 N–H and O–H groups in total. The maximum absolute atomic E-state index is 14.0. The number of rotatable bonds is 13. The van der Waals surface area contributed by atoms with Gasteiger partial charge in [0.2, 0.25) is 5.91 Å². The van der Waals surface area contributed by atoms with Crippen LogP contribution in [0.15, 0.2) is 78.4 Å². The van der Waals surface area contributed by atoms with Crippen molar-refractivity contribution < 1.29 is 23.8 Å². The third-order valence-corrected chi connectivity index (χ3v) is 8.64. The normalized spacial score (nSPS) is 17.6. The first-order valence-electron chi connectivity index (χ1n) is 15.5. The van der Waals surface area contributed by atoms with Crippen LogP contribution in [0.5, 0.6) is 11.5 Å². The Morgan fingerprint density at radius 1 is 1.02 bits per heavy atom. The number of halogens is 1. The zero-order valence-electron chi connectivity index (χ0n) is 26.3. The molecule has 0 aromatic heterocycles. The number of nitrogens with zero attached hydrogens (tertiary/aromatic N) is 2. The van der Waals surface area contributed by atoms with Gasteiger partial charge < -0.3 is 29.3 Å². The number of hydrogen-bond donors (Lipinski definition) is 1. The summed E-state index contributed by atoms with van der Waals surface area (Å²) in [6, 6.07) is 23.4. The standard InChI is InChI=1S/C36H42ClN3O5/c1-25(41)40-22-30-21-32(35(33(23-40)38-30)36(42)39(2)17-16-26-8-6-10-29(37)20-26)27-12-14-31(15-13-27)45-19-7-18-44-24-28-9-4-5-11-34(28)43-3/h4-6,8-15,20,30,33,38H,7,16-19,21-24H2,1-3H3/t30-,33-/m1/s1. The Hall–Kier alpha value is -3.85. The minimum absolute atomic E-state index is 0.0261. The number of carbonyl (C=O) groups is 2. The van der Waals surface area contributed by atoms with Crippen molar-refractivity contribution in [3.63, 3.8) is 0 Å².